The molecule has 0 radical (unpaired) electrons. The van der Waals surface area contributed by atoms with Crippen LogP contribution in [0.1, 0.15) is 37.2 Å². The normalized spacial score (nSPS) is 33.3. The lowest BCUT2D eigenvalue weighted by Crippen LogP contribution is -2.08. The van der Waals surface area contributed by atoms with Gasteiger partial charge in [-0.3, -0.25) is 0 Å². The Morgan fingerprint density at radius 1 is 1.20 bits per heavy atom. The van der Waals surface area contributed by atoms with E-state index >= 15 is 0 Å². The fraction of sp³-hybridized carbons (Fsp3) is 0.571. The highest BCUT2D eigenvalue weighted by Crippen LogP contribution is 2.53. The Morgan fingerprint density at radius 2 is 2.13 bits per heavy atom. The Labute approximate surface area is 91.5 Å². The number of benzene rings is 1. The fourth-order valence-corrected chi connectivity index (χ4v) is 3.53. The number of hydrogen-bond acceptors (Lipinski definition) is 1. The molecule has 1 aromatic rings. The monoisotopic (exact) mass is 202 g/mol. The summed E-state index contributed by atoms with van der Waals surface area (Å²) in [6.07, 6.45) is 5.82. The van der Waals surface area contributed by atoms with Crippen molar-refractivity contribution in [1.29, 1.82) is 0 Å². The summed E-state index contributed by atoms with van der Waals surface area (Å²) >= 11 is 0. The molecule has 3 rings (SSSR count). The van der Waals surface area contributed by atoms with Crippen LogP contribution in [0, 0.1) is 11.8 Å². The molecular weight excluding hydrogens is 184 g/mol. The van der Waals surface area contributed by atoms with Gasteiger partial charge in [0.15, 0.2) is 0 Å². The molecule has 3 atom stereocenters. The van der Waals surface area contributed by atoms with Crippen molar-refractivity contribution in [3.05, 3.63) is 29.8 Å². The first kappa shape index (κ1) is 9.26. The van der Waals surface area contributed by atoms with Crippen molar-refractivity contribution in [2.45, 2.75) is 31.6 Å². The lowest BCUT2D eigenvalue weighted by atomic mass is 9.83. The van der Waals surface area contributed by atoms with E-state index in [1.807, 2.05) is 6.07 Å². The minimum atomic E-state index is 0.818. The van der Waals surface area contributed by atoms with E-state index in [0.717, 1.165) is 23.5 Å². The van der Waals surface area contributed by atoms with E-state index in [4.69, 9.17) is 4.74 Å². The molecule has 80 valence electrons. The van der Waals surface area contributed by atoms with Gasteiger partial charge in [0.25, 0.3) is 0 Å². The van der Waals surface area contributed by atoms with Gasteiger partial charge in [0.2, 0.25) is 0 Å². The van der Waals surface area contributed by atoms with Crippen LogP contribution in [-0.2, 0) is 0 Å². The summed E-state index contributed by atoms with van der Waals surface area (Å²) in [5, 5.41) is 0. The maximum absolute atomic E-state index is 5.29. The molecule has 0 spiro atoms. The molecule has 0 heterocycles. The van der Waals surface area contributed by atoms with E-state index in [1.165, 1.54) is 31.2 Å². The summed E-state index contributed by atoms with van der Waals surface area (Å²) in [5.74, 6) is 3.81. The summed E-state index contributed by atoms with van der Waals surface area (Å²) in [5.41, 5.74) is 1.50. The summed E-state index contributed by atoms with van der Waals surface area (Å²) in [6, 6.07) is 8.66. The van der Waals surface area contributed by atoms with E-state index < -0.39 is 0 Å². The molecule has 1 aromatic carbocycles. The Balaban J connectivity index is 1.86. The topological polar surface area (TPSA) is 9.23 Å². The van der Waals surface area contributed by atoms with Crippen LogP contribution in [0.3, 0.4) is 0 Å². The number of ether oxygens (including phenoxy) is 1. The average molecular weight is 202 g/mol. The largest absolute Gasteiger partial charge is 0.497 e. The zero-order valence-corrected chi connectivity index (χ0v) is 9.28. The van der Waals surface area contributed by atoms with Crippen molar-refractivity contribution in [1.82, 2.24) is 0 Å². The summed E-state index contributed by atoms with van der Waals surface area (Å²) in [7, 11) is 1.75. The zero-order valence-electron chi connectivity index (χ0n) is 9.28. The molecular formula is C14H18O. The summed E-state index contributed by atoms with van der Waals surface area (Å²) in [6.45, 7) is 0. The molecule has 2 saturated carbocycles. The third-order valence-corrected chi connectivity index (χ3v) is 4.26. The maximum atomic E-state index is 5.29. The number of rotatable bonds is 2. The number of hydrogen-bond donors (Lipinski definition) is 0. The van der Waals surface area contributed by atoms with Gasteiger partial charge in [0, 0.05) is 0 Å². The van der Waals surface area contributed by atoms with Crippen LogP contribution in [-0.4, -0.2) is 7.11 Å². The maximum Gasteiger partial charge on any atom is 0.119 e. The summed E-state index contributed by atoms with van der Waals surface area (Å²) in [4.78, 5) is 0. The minimum Gasteiger partial charge on any atom is -0.497 e. The fourth-order valence-electron chi connectivity index (χ4n) is 3.53. The Morgan fingerprint density at radius 3 is 2.80 bits per heavy atom. The van der Waals surface area contributed by atoms with Crippen LogP contribution >= 0.6 is 0 Å². The van der Waals surface area contributed by atoms with Gasteiger partial charge in [0.1, 0.15) is 5.75 Å². The first-order valence-corrected chi connectivity index (χ1v) is 6.01. The second-order valence-corrected chi connectivity index (χ2v) is 5.06. The van der Waals surface area contributed by atoms with Gasteiger partial charge in [0.05, 0.1) is 7.11 Å². The molecule has 15 heavy (non-hydrogen) atoms. The van der Waals surface area contributed by atoms with Crippen LogP contribution in [0.5, 0.6) is 5.75 Å². The predicted molar refractivity (Wildman–Crippen MR) is 61.2 cm³/mol. The Bertz CT molecular complexity index is 358. The van der Waals surface area contributed by atoms with E-state index in [2.05, 4.69) is 18.2 Å². The highest BCUT2D eigenvalue weighted by atomic mass is 16.5. The molecule has 0 amide bonds. The lowest BCUT2D eigenvalue weighted by Gasteiger charge is -2.22. The second kappa shape index (κ2) is 3.55. The zero-order chi connectivity index (χ0) is 10.3. The van der Waals surface area contributed by atoms with Gasteiger partial charge in [-0.2, -0.15) is 0 Å². The Kier molecular flexibility index (Phi) is 2.19. The molecule has 2 fully saturated rings. The van der Waals surface area contributed by atoms with Gasteiger partial charge in [-0.1, -0.05) is 18.6 Å². The van der Waals surface area contributed by atoms with Crippen molar-refractivity contribution in [3.63, 3.8) is 0 Å². The average Bonchev–Trinajstić information content (AvgIpc) is 2.91. The van der Waals surface area contributed by atoms with Crippen molar-refractivity contribution in [2.24, 2.45) is 11.8 Å². The second-order valence-electron chi connectivity index (χ2n) is 5.06. The van der Waals surface area contributed by atoms with Crippen LogP contribution in [0.25, 0.3) is 0 Å². The lowest BCUT2D eigenvalue weighted by molar-refractivity contribution is 0.404. The van der Waals surface area contributed by atoms with Gasteiger partial charge in [-0.15, -0.1) is 0 Å². The van der Waals surface area contributed by atoms with E-state index in [9.17, 15) is 0 Å². The molecule has 3 unspecified atom stereocenters. The molecule has 1 nitrogen and oxygen atoms in total. The van der Waals surface area contributed by atoms with Crippen molar-refractivity contribution < 1.29 is 4.74 Å². The van der Waals surface area contributed by atoms with Crippen molar-refractivity contribution >= 4 is 0 Å². The van der Waals surface area contributed by atoms with Crippen LogP contribution in [0.15, 0.2) is 24.3 Å². The first-order valence-electron chi connectivity index (χ1n) is 6.01. The Hall–Kier alpha value is -0.980. The highest BCUT2D eigenvalue weighted by Gasteiger charge is 2.40. The third-order valence-electron chi connectivity index (χ3n) is 4.26. The van der Waals surface area contributed by atoms with Gasteiger partial charge in [-0.05, 0) is 54.7 Å². The molecule has 1 heteroatoms. The van der Waals surface area contributed by atoms with E-state index in [0.29, 0.717) is 0 Å². The highest BCUT2D eigenvalue weighted by molar-refractivity contribution is 5.32. The molecule has 0 N–H and O–H groups in total. The third kappa shape index (κ3) is 1.54. The standard InChI is InChI=1S/C14H18O/c1-15-13-4-2-3-11(9-13)14-8-10-5-6-12(14)7-10/h2-4,9-10,12,14H,5-8H2,1H3. The molecule has 0 saturated heterocycles. The summed E-state index contributed by atoms with van der Waals surface area (Å²) < 4.78 is 5.29. The quantitative estimate of drug-likeness (QED) is 0.712. The molecule has 2 aliphatic rings. The number of methoxy groups -OCH3 is 1. The van der Waals surface area contributed by atoms with E-state index in [-0.39, 0.29) is 0 Å². The van der Waals surface area contributed by atoms with Crippen LogP contribution in [0.2, 0.25) is 0 Å². The van der Waals surface area contributed by atoms with Gasteiger partial charge in [-0.25, -0.2) is 0 Å². The van der Waals surface area contributed by atoms with Gasteiger partial charge >= 0.3 is 0 Å². The number of fused-ring (bicyclic) bond motifs is 2. The SMILES string of the molecule is COc1cccc(C2CC3CCC2C3)c1. The van der Waals surface area contributed by atoms with Crippen molar-refractivity contribution in [3.8, 4) is 5.75 Å². The van der Waals surface area contributed by atoms with Crippen LogP contribution in [0.4, 0.5) is 0 Å². The molecule has 0 aromatic heterocycles. The van der Waals surface area contributed by atoms with Crippen molar-refractivity contribution in [2.75, 3.05) is 7.11 Å². The predicted octanol–water partition coefficient (Wildman–Crippen LogP) is 3.60. The smallest absolute Gasteiger partial charge is 0.119 e. The first-order chi connectivity index (χ1) is 7.36. The minimum absolute atomic E-state index is 0.818. The van der Waals surface area contributed by atoms with Gasteiger partial charge < -0.3 is 4.74 Å². The molecule has 2 aliphatic carbocycles. The van der Waals surface area contributed by atoms with E-state index in [1.54, 1.807) is 7.11 Å². The molecule has 2 bridgehead atoms. The molecule has 0 aliphatic heterocycles. The van der Waals surface area contributed by atoms with Crippen LogP contribution < -0.4 is 4.74 Å².